The van der Waals surface area contributed by atoms with Crippen LogP contribution in [-0.2, 0) is 0 Å². The maximum Gasteiger partial charge on any atom is -0.0298 e. The smallest absolute Gasteiger partial charge is 0.0298 e. The van der Waals surface area contributed by atoms with E-state index in [-0.39, 0.29) is 0 Å². The molecule has 90 valence electrons. The summed E-state index contributed by atoms with van der Waals surface area (Å²) in [6.07, 6.45) is 10.1. The van der Waals surface area contributed by atoms with Gasteiger partial charge in [-0.25, -0.2) is 0 Å². The highest BCUT2D eigenvalue weighted by molar-refractivity contribution is 4.85. The van der Waals surface area contributed by atoms with Crippen molar-refractivity contribution in [1.82, 2.24) is 0 Å². The van der Waals surface area contributed by atoms with Crippen molar-refractivity contribution in [2.24, 2.45) is 16.7 Å². The van der Waals surface area contributed by atoms with Crippen molar-refractivity contribution < 1.29 is 0 Å². The summed E-state index contributed by atoms with van der Waals surface area (Å²) in [7, 11) is 0. The van der Waals surface area contributed by atoms with Crippen molar-refractivity contribution >= 4 is 0 Å². The number of hydrogen-bond acceptors (Lipinski definition) is 0. The lowest BCUT2D eigenvalue weighted by atomic mass is 9.65. The zero-order chi connectivity index (χ0) is 11.5. The molecule has 0 N–H and O–H groups in total. The molecular formula is C15H30. The second-order valence-corrected chi connectivity index (χ2v) is 7.06. The molecule has 0 amide bonds. The second kappa shape index (κ2) is 4.89. The van der Waals surface area contributed by atoms with Crippen molar-refractivity contribution in [2.75, 3.05) is 0 Å². The fraction of sp³-hybridized carbons (Fsp3) is 1.00. The Balaban J connectivity index is 2.75. The van der Waals surface area contributed by atoms with Crippen molar-refractivity contribution in [3.05, 3.63) is 0 Å². The molecule has 1 rings (SSSR count). The molecule has 1 aliphatic carbocycles. The van der Waals surface area contributed by atoms with Gasteiger partial charge < -0.3 is 0 Å². The van der Waals surface area contributed by atoms with Gasteiger partial charge in [-0.1, -0.05) is 60.3 Å². The van der Waals surface area contributed by atoms with Crippen LogP contribution in [0.5, 0.6) is 0 Å². The van der Waals surface area contributed by atoms with Crippen molar-refractivity contribution in [3.63, 3.8) is 0 Å². The van der Waals surface area contributed by atoms with Crippen LogP contribution in [0.25, 0.3) is 0 Å². The molecule has 0 radical (unpaired) electrons. The molecule has 0 heteroatoms. The zero-order valence-electron chi connectivity index (χ0n) is 11.5. The summed E-state index contributed by atoms with van der Waals surface area (Å²) in [6, 6.07) is 0. The molecular weight excluding hydrogens is 180 g/mol. The van der Waals surface area contributed by atoms with Gasteiger partial charge in [-0.05, 0) is 36.0 Å². The molecule has 0 aromatic rings. The predicted molar refractivity (Wildman–Crippen MR) is 69.0 cm³/mol. The summed E-state index contributed by atoms with van der Waals surface area (Å²) in [5.74, 6) is 0.829. The zero-order valence-corrected chi connectivity index (χ0v) is 11.5. The first-order chi connectivity index (χ1) is 6.86. The molecule has 1 unspecified atom stereocenters. The molecule has 0 heterocycles. The van der Waals surface area contributed by atoms with Crippen LogP contribution in [0.2, 0.25) is 0 Å². The van der Waals surface area contributed by atoms with Gasteiger partial charge in [0.1, 0.15) is 0 Å². The Morgan fingerprint density at radius 3 is 1.87 bits per heavy atom. The van der Waals surface area contributed by atoms with Crippen LogP contribution in [-0.4, -0.2) is 0 Å². The van der Waals surface area contributed by atoms with Gasteiger partial charge in [0.2, 0.25) is 0 Å². The highest BCUT2D eigenvalue weighted by atomic mass is 14.4. The molecule has 0 bridgehead atoms. The Kier molecular flexibility index (Phi) is 4.26. The van der Waals surface area contributed by atoms with Crippen LogP contribution < -0.4 is 0 Å². The third-order valence-corrected chi connectivity index (χ3v) is 4.63. The predicted octanol–water partition coefficient (Wildman–Crippen LogP) is 5.42. The van der Waals surface area contributed by atoms with E-state index in [0.717, 1.165) is 5.92 Å². The van der Waals surface area contributed by atoms with E-state index >= 15 is 0 Å². The fourth-order valence-corrected chi connectivity index (χ4v) is 3.25. The van der Waals surface area contributed by atoms with Crippen LogP contribution in [0.3, 0.4) is 0 Å². The van der Waals surface area contributed by atoms with Gasteiger partial charge in [0.25, 0.3) is 0 Å². The minimum Gasteiger partial charge on any atom is -0.0623 e. The normalized spacial score (nSPS) is 33.2. The third-order valence-electron chi connectivity index (χ3n) is 4.63. The van der Waals surface area contributed by atoms with Gasteiger partial charge >= 0.3 is 0 Å². The topological polar surface area (TPSA) is 0 Å². The molecule has 0 aromatic heterocycles. The average Bonchev–Trinajstić information content (AvgIpc) is 2.14. The largest absolute Gasteiger partial charge is 0.0623 e. The van der Waals surface area contributed by atoms with E-state index < -0.39 is 0 Å². The maximum absolute atomic E-state index is 2.52. The average molecular weight is 210 g/mol. The van der Waals surface area contributed by atoms with Crippen molar-refractivity contribution in [3.8, 4) is 0 Å². The Morgan fingerprint density at radius 1 is 0.800 bits per heavy atom. The first kappa shape index (κ1) is 13.1. The van der Waals surface area contributed by atoms with E-state index in [4.69, 9.17) is 0 Å². The lowest BCUT2D eigenvalue weighted by Gasteiger charge is -2.40. The highest BCUT2D eigenvalue weighted by Gasteiger charge is 2.34. The fourth-order valence-electron chi connectivity index (χ4n) is 3.25. The first-order valence-corrected chi connectivity index (χ1v) is 6.86. The van der Waals surface area contributed by atoms with Crippen LogP contribution in [0.4, 0.5) is 0 Å². The van der Waals surface area contributed by atoms with E-state index in [9.17, 15) is 0 Å². The molecule has 1 saturated carbocycles. The van der Waals surface area contributed by atoms with Crippen LogP contribution >= 0.6 is 0 Å². The summed E-state index contributed by atoms with van der Waals surface area (Å²) in [5.41, 5.74) is 1.14. The molecule has 0 saturated heterocycles. The monoisotopic (exact) mass is 210 g/mol. The summed E-state index contributed by atoms with van der Waals surface area (Å²) < 4.78 is 0. The molecule has 0 aromatic carbocycles. The van der Waals surface area contributed by atoms with Crippen LogP contribution in [0.1, 0.15) is 79.6 Å². The number of rotatable bonds is 1. The van der Waals surface area contributed by atoms with E-state index in [1.165, 1.54) is 44.9 Å². The number of hydrogen-bond donors (Lipinski definition) is 0. The lowest BCUT2D eigenvalue weighted by Crippen LogP contribution is -2.30. The van der Waals surface area contributed by atoms with Crippen LogP contribution in [0.15, 0.2) is 0 Å². The second-order valence-electron chi connectivity index (χ2n) is 7.06. The third kappa shape index (κ3) is 3.81. The Morgan fingerprint density at radius 2 is 1.33 bits per heavy atom. The van der Waals surface area contributed by atoms with E-state index in [1.807, 2.05) is 0 Å². The van der Waals surface area contributed by atoms with E-state index in [0.29, 0.717) is 10.8 Å². The minimum absolute atomic E-state index is 0.559. The summed E-state index contributed by atoms with van der Waals surface area (Å²) >= 11 is 0. The Labute approximate surface area is 96.8 Å². The summed E-state index contributed by atoms with van der Waals surface area (Å²) in [4.78, 5) is 0. The molecule has 1 fully saturated rings. The Hall–Kier alpha value is 0. The maximum atomic E-state index is 2.52. The lowest BCUT2D eigenvalue weighted by molar-refractivity contribution is 0.104. The van der Waals surface area contributed by atoms with E-state index in [2.05, 4.69) is 34.6 Å². The molecule has 1 atom stereocenters. The molecule has 0 spiro atoms. The standard InChI is InChI=1S/C15H30/c1-13(2)15(5)11-9-7-6-8-10-14(3,4)12-15/h13H,6-12H2,1-5H3. The quantitative estimate of drug-likeness (QED) is 0.542. The summed E-state index contributed by atoms with van der Waals surface area (Å²) in [5, 5.41) is 0. The molecule has 0 nitrogen and oxygen atoms in total. The first-order valence-electron chi connectivity index (χ1n) is 6.86. The Bertz CT molecular complexity index is 190. The van der Waals surface area contributed by atoms with Crippen molar-refractivity contribution in [1.29, 1.82) is 0 Å². The highest BCUT2D eigenvalue weighted by Crippen LogP contribution is 2.46. The van der Waals surface area contributed by atoms with Gasteiger partial charge in [-0.3, -0.25) is 0 Å². The van der Waals surface area contributed by atoms with Crippen molar-refractivity contribution in [2.45, 2.75) is 79.6 Å². The summed E-state index contributed by atoms with van der Waals surface area (Å²) in [6.45, 7) is 12.3. The molecule has 0 aliphatic heterocycles. The molecule has 1 aliphatic rings. The van der Waals surface area contributed by atoms with Gasteiger partial charge in [-0.2, -0.15) is 0 Å². The minimum atomic E-state index is 0.559. The van der Waals surface area contributed by atoms with Crippen LogP contribution in [0, 0.1) is 16.7 Å². The SMILES string of the molecule is CC(C)C1(C)CCCCCCC(C)(C)C1. The van der Waals surface area contributed by atoms with Gasteiger partial charge in [0.15, 0.2) is 0 Å². The van der Waals surface area contributed by atoms with Gasteiger partial charge in [0.05, 0.1) is 0 Å². The van der Waals surface area contributed by atoms with Gasteiger partial charge in [-0.15, -0.1) is 0 Å². The van der Waals surface area contributed by atoms with Gasteiger partial charge in [0, 0.05) is 0 Å². The molecule has 15 heavy (non-hydrogen) atoms. The van der Waals surface area contributed by atoms with E-state index in [1.54, 1.807) is 0 Å².